The first-order valence-electron chi connectivity index (χ1n) is 0.783. The van der Waals surface area contributed by atoms with Crippen LogP contribution < -0.4 is 0 Å². The standard InChI is InChI=1S/2ClH.Na.H3O4P.H/c;;;1-5(2,3)4;/h2*1H;;(H3,1,2,3,4);. The fourth-order valence-corrected chi connectivity index (χ4v) is 0. The van der Waals surface area contributed by atoms with Crippen LogP contribution in [-0.2, 0) is 4.57 Å². The zero-order valence-corrected chi connectivity index (χ0v) is 5.54. The Bertz CT molecular complexity index is 60.2. The van der Waals surface area contributed by atoms with E-state index >= 15 is 0 Å². The predicted octanol–water partition coefficient (Wildman–Crippen LogP) is -0.733. The molecule has 0 aliphatic carbocycles. The van der Waals surface area contributed by atoms with Crippen molar-refractivity contribution in [2.75, 3.05) is 0 Å². The van der Waals surface area contributed by atoms with Gasteiger partial charge in [-0.25, -0.2) is 4.57 Å². The van der Waals surface area contributed by atoms with E-state index in [1.807, 2.05) is 0 Å². The molecule has 0 aromatic rings. The van der Waals surface area contributed by atoms with Crippen molar-refractivity contribution in [2.45, 2.75) is 0 Å². The second-order valence-electron chi connectivity index (χ2n) is 0.513. The molecule has 8 heteroatoms. The molecular weight excluding hydrogens is 189 g/mol. The molecule has 8 heavy (non-hydrogen) atoms. The molecule has 50 valence electrons. The molecule has 0 bridgehead atoms. The Morgan fingerprint density at radius 2 is 1.00 bits per heavy atom. The maximum absolute atomic E-state index is 8.88. The summed E-state index contributed by atoms with van der Waals surface area (Å²) in [7, 11) is -4.64. The molecule has 0 unspecified atom stereocenters. The van der Waals surface area contributed by atoms with E-state index in [2.05, 4.69) is 0 Å². The van der Waals surface area contributed by atoms with Crippen LogP contribution in [0, 0.1) is 0 Å². The fraction of sp³-hybridized carbons (Fsp3) is 0. The average Bonchev–Trinajstić information content (AvgIpc) is 0.722. The van der Waals surface area contributed by atoms with E-state index in [1.165, 1.54) is 0 Å². The zero-order valence-electron chi connectivity index (χ0n) is 3.01. The molecule has 0 rings (SSSR count). The van der Waals surface area contributed by atoms with Crippen LogP contribution in [0.4, 0.5) is 0 Å². The summed E-state index contributed by atoms with van der Waals surface area (Å²) in [6, 6.07) is 0. The van der Waals surface area contributed by atoms with Crippen LogP contribution in [0.3, 0.4) is 0 Å². The predicted molar refractivity (Wildman–Crippen MR) is 35.9 cm³/mol. The van der Waals surface area contributed by atoms with Gasteiger partial charge < -0.3 is 14.7 Å². The third-order valence-electron chi connectivity index (χ3n) is 0. The van der Waals surface area contributed by atoms with Crippen molar-refractivity contribution >= 4 is 62.2 Å². The number of hydrogen-bond acceptors (Lipinski definition) is 1. The Kier molecular flexibility index (Phi) is 24.6. The zero-order chi connectivity index (χ0) is 4.50. The minimum absolute atomic E-state index is 0. The first kappa shape index (κ1) is 22.6. The second-order valence-corrected chi connectivity index (χ2v) is 1.54. The third kappa shape index (κ3) is 121. The molecule has 3 N–H and O–H groups in total. The SMILES string of the molecule is Cl.Cl.O=P(O)(O)O.[NaH]. The Morgan fingerprint density at radius 3 is 1.00 bits per heavy atom. The van der Waals surface area contributed by atoms with Gasteiger partial charge >= 0.3 is 37.4 Å². The van der Waals surface area contributed by atoms with Crippen molar-refractivity contribution < 1.29 is 19.2 Å². The van der Waals surface area contributed by atoms with Gasteiger partial charge in [0.05, 0.1) is 0 Å². The Hall–Kier alpha value is 1.69. The van der Waals surface area contributed by atoms with Crippen LogP contribution >= 0.6 is 32.6 Å². The summed E-state index contributed by atoms with van der Waals surface area (Å²) in [6.07, 6.45) is 0. The minimum atomic E-state index is -4.64. The first-order valence-corrected chi connectivity index (χ1v) is 2.35. The van der Waals surface area contributed by atoms with Gasteiger partial charge in [0.15, 0.2) is 0 Å². The molecule has 0 aromatic carbocycles. The van der Waals surface area contributed by atoms with E-state index in [9.17, 15) is 0 Å². The van der Waals surface area contributed by atoms with Crippen molar-refractivity contribution in [3.8, 4) is 0 Å². The normalized spacial score (nSPS) is 7.38. The molecule has 0 fully saturated rings. The molecule has 0 amide bonds. The Labute approximate surface area is 81.0 Å². The molecule has 0 saturated carbocycles. The first-order chi connectivity index (χ1) is 2.00. The summed E-state index contributed by atoms with van der Waals surface area (Å²) in [5, 5.41) is 0. The molecular formula is H6Cl2NaO4P. The van der Waals surface area contributed by atoms with Gasteiger partial charge in [-0.2, -0.15) is 0 Å². The number of phosphoric acid groups is 1. The van der Waals surface area contributed by atoms with Crippen molar-refractivity contribution in [1.82, 2.24) is 0 Å². The van der Waals surface area contributed by atoms with E-state index < -0.39 is 7.82 Å². The van der Waals surface area contributed by atoms with Gasteiger partial charge in [-0.05, 0) is 0 Å². The van der Waals surface area contributed by atoms with Crippen LogP contribution in [0.25, 0.3) is 0 Å². The number of hydrogen-bond donors (Lipinski definition) is 3. The fourth-order valence-electron chi connectivity index (χ4n) is 0. The maximum atomic E-state index is 8.88. The van der Waals surface area contributed by atoms with Crippen LogP contribution in [0.1, 0.15) is 0 Å². The Morgan fingerprint density at radius 1 is 1.00 bits per heavy atom. The second kappa shape index (κ2) is 8.69. The van der Waals surface area contributed by atoms with Gasteiger partial charge in [0.25, 0.3) is 0 Å². The van der Waals surface area contributed by atoms with E-state index in [-0.39, 0.29) is 54.4 Å². The summed E-state index contributed by atoms with van der Waals surface area (Å²) in [5.74, 6) is 0. The number of halogens is 2. The molecule has 0 aliphatic rings. The van der Waals surface area contributed by atoms with Crippen molar-refractivity contribution in [3.63, 3.8) is 0 Å². The molecule has 0 atom stereocenters. The average molecular weight is 195 g/mol. The molecule has 4 nitrogen and oxygen atoms in total. The quantitative estimate of drug-likeness (QED) is 0.351. The van der Waals surface area contributed by atoms with E-state index in [0.717, 1.165) is 0 Å². The van der Waals surface area contributed by atoms with Crippen LogP contribution in [-0.4, -0.2) is 44.2 Å². The van der Waals surface area contributed by atoms with Gasteiger partial charge in [-0.1, -0.05) is 0 Å². The summed E-state index contributed by atoms with van der Waals surface area (Å²) in [5.41, 5.74) is 0. The van der Waals surface area contributed by atoms with Crippen molar-refractivity contribution in [1.29, 1.82) is 0 Å². The topological polar surface area (TPSA) is 77.8 Å². The van der Waals surface area contributed by atoms with Crippen LogP contribution in [0.2, 0.25) is 0 Å². The molecule has 0 spiro atoms. The Balaban J connectivity index is -0.0000000267. The molecule has 0 aromatic heterocycles. The molecule has 0 heterocycles. The monoisotopic (exact) mass is 194 g/mol. The van der Waals surface area contributed by atoms with Gasteiger partial charge in [0, 0.05) is 0 Å². The van der Waals surface area contributed by atoms with E-state index in [0.29, 0.717) is 0 Å². The van der Waals surface area contributed by atoms with Gasteiger partial charge in [-0.15, -0.1) is 24.8 Å². The van der Waals surface area contributed by atoms with Crippen molar-refractivity contribution in [3.05, 3.63) is 0 Å². The van der Waals surface area contributed by atoms with Crippen LogP contribution in [0.15, 0.2) is 0 Å². The summed E-state index contributed by atoms with van der Waals surface area (Å²) >= 11 is 0. The summed E-state index contributed by atoms with van der Waals surface area (Å²) in [4.78, 5) is 21.6. The molecule has 0 aliphatic heterocycles. The molecule has 0 radical (unpaired) electrons. The van der Waals surface area contributed by atoms with Crippen LogP contribution in [0.5, 0.6) is 0 Å². The van der Waals surface area contributed by atoms with Gasteiger partial charge in [-0.3, -0.25) is 0 Å². The number of rotatable bonds is 0. The van der Waals surface area contributed by atoms with Gasteiger partial charge in [0.1, 0.15) is 0 Å². The van der Waals surface area contributed by atoms with Gasteiger partial charge in [0.2, 0.25) is 0 Å². The van der Waals surface area contributed by atoms with Crippen molar-refractivity contribution in [2.24, 2.45) is 0 Å². The molecule has 0 saturated heterocycles. The van der Waals surface area contributed by atoms with E-state index in [4.69, 9.17) is 19.2 Å². The summed E-state index contributed by atoms with van der Waals surface area (Å²) in [6.45, 7) is 0. The summed E-state index contributed by atoms with van der Waals surface area (Å²) < 4.78 is 8.88. The third-order valence-corrected chi connectivity index (χ3v) is 0. The van der Waals surface area contributed by atoms with E-state index in [1.54, 1.807) is 0 Å².